The Kier molecular flexibility index (Phi) is 2.97. The van der Waals surface area contributed by atoms with Crippen molar-refractivity contribution in [3.8, 4) is 0 Å². The third kappa shape index (κ3) is 2.25. The maximum absolute atomic E-state index is 6.10. The molecular formula is C12H12ClN3. The molecule has 1 heterocycles. The molecule has 0 saturated carbocycles. The summed E-state index contributed by atoms with van der Waals surface area (Å²) in [6.07, 6.45) is 0. The van der Waals surface area contributed by atoms with E-state index in [9.17, 15) is 0 Å². The number of halogens is 1. The van der Waals surface area contributed by atoms with E-state index in [1.807, 2.05) is 37.3 Å². The number of nitrogens with one attached hydrogen (secondary N) is 1. The minimum atomic E-state index is 0.481. The lowest BCUT2D eigenvalue weighted by atomic mass is 10.2. The molecule has 0 spiro atoms. The molecule has 3 nitrogen and oxygen atoms in total. The van der Waals surface area contributed by atoms with Crippen LogP contribution in [0.5, 0.6) is 0 Å². The van der Waals surface area contributed by atoms with Crippen molar-refractivity contribution in [1.82, 2.24) is 4.98 Å². The average Bonchev–Trinajstić information content (AvgIpc) is 2.24. The molecule has 0 saturated heterocycles. The Morgan fingerprint density at radius 1 is 1.19 bits per heavy atom. The summed E-state index contributed by atoms with van der Waals surface area (Å²) in [5.41, 5.74) is 7.53. The van der Waals surface area contributed by atoms with Gasteiger partial charge in [-0.25, -0.2) is 4.98 Å². The van der Waals surface area contributed by atoms with Crippen LogP contribution in [-0.4, -0.2) is 4.98 Å². The summed E-state index contributed by atoms with van der Waals surface area (Å²) >= 11 is 6.10. The van der Waals surface area contributed by atoms with E-state index in [1.165, 1.54) is 0 Å². The van der Waals surface area contributed by atoms with Gasteiger partial charge >= 0.3 is 0 Å². The zero-order chi connectivity index (χ0) is 11.5. The number of nitrogens with zero attached hydrogens (tertiary/aromatic N) is 1. The van der Waals surface area contributed by atoms with E-state index in [0.717, 1.165) is 11.3 Å². The summed E-state index contributed by atoms with van der Waals surface area (Å²) < 4.78 is 0. The summed E-state index contributed by atoms with van der Waals surface area (Å²) in [5.74, 6) is 1.17. The van der Waals surface area contributed by atoms with Crippen LogP contribution in [0.25, 0.3) is 0 Å². The molecule has 2 aromatic rings. The Hall–Kier alpha value is -1.74. The SMILES string of the molecule is Cc1cccc(Cl)c1Nc1cccc(N)n1. The number of aryl methyl sites for hydroxylation is 1. The van der Waals surface area contributed by atoms with E-state index >= 15 is 0 Å². The molecule has 16 heavy (non-hydrogen) atoms. The molecule has 0 aliphatic rings. The molecule has 3 N–H and O–H groups in total. The number of anilines is 3. The molecule has 0 fully saturated rings. The number of aromatic nitrogens is 1. The van der Waals surface area contributed by atoms with E-state index in [2.05, 4.69) is 10.3 Å². The van der Waals surface area contributed by atoms with Crippen LogP contribution < -0.4 is 11.1 Å². The van der Waals surface area contributed by atoms with Gasteiger partial charge in [-0.3, -0.25) is 0 Å². The normalized spacial score (nSPS) is 10.1. The first-order valence-electron chi connectivity index (χ1n) is 4.91. The maximum atomic E-state index is 6.10. The summed E-state index contributed by atoms with van der Waals surface area (Å²) in [6, 6.07) is 11.2. The van der Waals surface area contributed by atoms with E-state index < -0.39 is 0 Å². The van der Waals surface area contributed by atoms with Gasteiger partial charge in [0.1, 0.15) is 11.6 Å². The monoisotopic (exact) mass is 233 g/mol. The molecule has 82 valence electrons. The zero-order valence-electron chi connectivity index (χ0n) is 8.87. The predicted octanol–water partition coefficient (Wildman–Crippen LogP) is 3.37. The second kappa shape index (κ2) is 4.41. The zero-order valence-corrected chi connectivity index (χ0v) is 9.62. The van der Waals surface area contributed by atoms with Crippen LogP contribution in [0.4, 0.5) is 17.3 Å². The number of para-hydroxylation sites is 1. The van der Waals surface area contributed by atoms with Crippen molar-refractivity contribution in [3.63, 3.8) is 0 Å². The number of hydrogen-bond donors (Lipinski definition) is 2. The highest BCUT2D eigenvalue weighted by Gasteiger charge is 2.04. The second-order valence-electron chi connectivity index (χ2n) is 3.50. The Morgan fingerprint density at radius 2 is 1.94 bits per heavy atom. The van der Waals surface area contributed by atoms with Crippen molar-refractivity contribution in [1.29, 1.82) is 0 Å². The molecule has 2 rings (SSSR count). The molecule has 0 bridgehead atoms. The lowest BCUT2D eigenvalue weighted by molar-refractivity contribution is 1.30. The van der Waals surface area contributed by atoms with Crippen LogP contribution >= 0.6 is 11.6 Å². The lowest BCUT2D eigenvalue weighted by Crippen LogP contribution is -1.98. The first kappa shape index (κ1) is 10.8. The second-order valence-corrected chi connectivity index (χ2v) is 3.91. The molecule has 4 heteroatoms. The van der Waals surface area contributed by atoms with Crippen LogP contribution in [-0.2, 0) is 0 Å². The number of nitrogen functional groups attached to an aromatic ring is 1. The van der Waals surface area contributed by atoms with Crippen molar-refractivity contribution in [2.75, 3.05) is 11.1 Å². The fourth-order valence-electron chi connectivity index (χ4n) is 1.44. The average molecular weight is 234 g/mol. The Bertz CT molecular complexity index is 491. The fourth-order valence-corrected chi connectivity index (χ4v) is 1.71. The number of benzene rings is 1. The molecule has 0 radical (unpaired) electrons. The Morgan fingerprint density at radius 3 is 2.62 bits per heavy atom. The Balaban J connectivity index is 2.34. The summed E-state index contributed by atoms with van der Waals surface area (Å²) in [6.45, 7) is 1.99. The molecule has 0 atom stereocenters. The van der Waals surface area contributed by atoms with Gasteiger partial charge in [-0.05, 0) is 30.7 Å². The topological polar surface area (TPSA) is 50.9 Å². The number of pyridine rings is 1. The molecule has 1 aromatic carbocycles. The molecule has 0 unspecified atom stereocenters. The summed E-state index contributed by atoms with van der Waals surface area (Å²) in [7, 11) is 0. The number of nitrogens with two attached hydrogens (primary N) is 1. The lowest BCUT2D eigenvalue weighted by Gasteiger charge is -2.10. The van der Waals surface area contributed by atoms with Crippen LogP contribution in [0, 0.1) is 6.92 Å². The van der Waals surface area contributed by atoms with Gasteiger partial charge < -0.3 is 11.1 Å². The van der Waals surface area contributed by atoms with Gasteiger partial charge in [0.25, 0.3) is 0 Å². The van der Waals surface area contributed by atoms with E-state index in [4.69, 9.17) is 17.3 Å². The van der Waals surface area contributed by atoms with Gasteiger partial charge in [-0.15, -0.1) is 0 Å². The number of hydrogen-bond acceptors (Lipinski definition) is 3. The third-order valence-corrected chi connectivity index (χ3v) is 2.56. The van der Waals surface area contributed by atoms with E-state index in [-0.39, 0.29) is 0 Å². The third-order valence-electron chi connectivity index (χ3n) is 2.25. The van der Waals surface area contributed by atoms with Crippen LogP contribution in [0.15, 0.2) is 36.4 Å². The van der Waals surface area contributed by atoms with Crippen LogP contribution in [0.2, 0.25) is 5.02 Å². The number of rotatable bonds is 2. The van der Waals surface area contributed by atoms with Crippen LogP contribution in [0.3, 0.4) is 0 Å². The molecular weight excluding hydrogens is 222 g/mol. The molecule has 0 amide bonds. The maximum Gasteiger partial charge on any atom is 0.132 e. The first-order chi connectivity index (χ1) is 7.66. The minimum Gasteiger partial charge on any atom is -0.384 e. The van der Waals surface area contributed by atoms with E-state index in [0.29, 0.717) is 16.7 Å². The van der Waals surface area contributed by atoms with Gasteiger partial charge in [0.15, 0.2) is 0 Å². The van der Waals surface area contributed by atoms with E-state index in [1.54, 1.807) is 6.07 Å². The van der Waals surface area contributed by atoms with Gasteiger partial charge in [-0.2, -0.15) is 0 Å². The van der Waals surface area contributed by atoms with Crippen LogP contribution in [0.1, 0.15) is 5.56 Å². The van der Waals surface area contributed by atoms with Gasteiger partial charge in [-0.1, -0.05) is 29.8 Å². The van der Waals surface area contributed by atoms with Gasteiger partial charge in [0.2, 0.25) is 0 Å². The highest BCUT2D eigenvalue weighted by atomic mass is 35.5. The highest BCUT2D eigenvalue weighted by Crippen LogP contribution is 2.27. The van der Waals surface area contributed by atoms with Crippen molar-refractivity contribution >= 4 is 28.9 Å². The predicted molar refractivity (Wildman–Crippen MR) is 68.1 cm³/mol. The van der Waals surface area contributed by atoms with Crippen molar-refractivity contribution in [3.05, 3.63) is 47.0 Å². The summed E-state index contributed by atoms with van der Waals surface area (Å²) in [5, 5.41) is 3.83. The largest absolute Gasteiger partial charge is 0.384 e. The standard InChI is InChI=1S/C12H12ClN3/c1-8-4-2-5-9(13)12(8)16-11-7-3-6-10(14)15-11/h2-7H,1H3,(H3,14,15,16). The van der Waals surface area contributed by atoms with Crippen molar-refractivity contribution in [2.45, 2.75) is 6.92 Å². The molecule has 1 aromatic heterocycles. The molecule has 0 aliphatic carbocycles. The van der Waals surface area contributed by atoms with Gasteiger partial charge in [0, 0.05) is 0 Å². The van der Waals surface area contributed by atoms with Crippen molar-refractivity contribution in [2.24, 2.45) is 0 Å². The first-order valence-corrected chi connectivity index (χ1v) is 5.29. The minimum absolute atomic E-state index is 0.481. The fraction of sp³-hybridized carbons (Fsp3) is 0.0833. The Labute approximate surface area is 99.3 Å². The van der Waals surface area contributed by atoms with Gasteiger partial charge in [0.05, 0.1) is 10.7 Å². The summed E-state index contributed by atoms with van der Waals surface area (Å²) in [4.78, 5) is 4.16. The quantitative estimate of drug-likeness (QED) is 0.836. The molecule has 0 aliphatic heterocycles. The smallest absolute Gasteiger partial charge is 0.132 e. The van der Waals surface area contributed by atoms with Crippen molar-refractivity contribution < 1.29 is 0 Å². The highest BCUT2D eigenvalue weighted by molar-refractivity contribution is 6.33.